The van der Waals surface area contributed by atoms with E-state index in [2.05, 4.69) is 10.0 Å². The molecule has 4 aliphatic carbocycles. The second-order valence-corrected chi connectivity index (χ2v) is 11.7. The van der Waals surface area contributed by atoms with Gasteiger partial charge in [0, 0.05) is 17.6 Å². The predicted molar refractivity (Wildman–Crippen MR) is 120 cm³/mol. The highest BCUT2D eigenvalue weighted by atomic mass is 32.2. The summed E-state index contributed by atoms with van der Waals surface area (Å²) in [6, 6.07) is 14.2. The summed E-state index contributed by atoms with van der Waals surface area (Å²) >= 11 is 0. The minimum Gasteiger partial charge on any atom is -0.347 e. The number of benzene rings is 2. The molecule has 164 valence electrons. The summed E-state index contributed by atoms with van der Waals surface area (Å²) in [4.78, 5) is 13.4. The Morgan fingerprint density at radius 1 is 0.968 bits per heavy atom. The lowest BCUT2D eigenvalue weighted by molar-refractivity contribution is -0.0167. The number of hydrogen-bond acceptors (Lipinski definition) is 3. The van der Waals surface area contributed by atoms with Crippen LogP contribution in [0.3, 0.4) is 0 Å². The third kappa shape index (κ3) is 4.15. The van der Waals surface area contributed by atoms with Crippen LogP contribution in [0, 0.1) is 24.7 Å². The number of hydrogen-bond donors (Lipinski definition) is 2. The summed E-state index contributed by atoms with van der Waals surface area (Å²) in [7, 11) is -3.71. The maximum atomic E-state index is 13.3. The maximum absolute atomic E-state index is 13.3. The number of carbonyl (C=O) groups is 1. The Hall–Kier alpha value is -2.18. The Bertz CT molecular complexity index is 1060. The van der Waals surface area contributed by atoms with Gasteiger partial charge in [0.05, 0.1) is 4.90 Å². The van der Waals surface area contributed by atoms with Crippen molar-refractivity contribution in [3.8, 4) is 0 Å². The van der Waals surface area contributed by atoms with Crippen molar-refractivity contribution in [3.63, 3.8) is 0 Å². The van der Waals surface area contributed by atoms with E-state index >= 15 is 0 Å². The van der Waals surface area contributed by atoms with Gasteiger partial charge in [-0.25, -0.2) is 13.1 Å². The topological polar surface area (TPSA) is 75.3 Å². The van der Waals surface area contributed by atoms with Crippen molar-refractivity contribution >= 4 is 15.9 Å². The SMILES string of the molecule is Cc1ccc(S(=O)(=O)NCc2ccccc2)cc1C(=O)NC12CC3CC(CC(C3)C1)C2. The van der Waals surface area contributed by atoms with Crippen LogP contribution < -0.4 is 10.0 Å². The van der Waals surface area contributed by atoms with Gasteiger partial charge in [0.15, 0.2) is 0 Å². The van der Waals surface area contributed by atoms with E-state index in [1.165, 1.54) is 25.3 Å². The molecule has 4 aliphatic rings. The standard InChI is InChI=1S/C25H30N2O3S/c1-17-7-8-22(31(29,30)26-16-18-5-3-2-4-6-18)12-23(17)24(28)27-25-13-19-9-20(14-25)11-21(10-19)15-25/h2-8,12,19-21,26H,9-11,13-16H2,1H3,(H,27,28). The molecule has 0 atom stereocenters. The van der Waals surface area contributed by atoms with Gasteiger partial charge in [0.2, 0.25) is 10.0 Å². The summed E-state index contributed by atoms with van der Waals surface area (Å²) in [6.45, 7) is 2.08. The lowest BCUT2D eigenvalue weighted by Gasteiger charge is -2.56. The van der Waals surface area contributed by atoms with Crippen molar-refractivity contribution in [2.75, 3.05) is 0 Å². The Kier molecular flexibility index (Phi) is 5.18. The highest BCUT2D eigenvalue weighted by Crippen LogP contribution is 2.55. The molecule has 2 aromatic rings. The molecule has 4 fully saturated rings. The first-order chi connectivity index (χ1) is 14.8. The van der Waals surface area contributed by atoms with E-state index in [1.807, 2.05) is 37.3 Å². The summed E-state index contributed by atoms with van der Waals surface area (Å²) in [5, 5.41) is 3.36. The van der Waals surface area contributed by atoms with Crippen LogP contribution in [0.25, 0.3) is 0 Å². The Morgan fingerprint density at radius 3 is 2.19 bits per heavy atom. The van der Waals surface area contributed by atoms with Crippen molar-refractivity contribution in [2.45, 2.75) is 62.4 Å². The lowest BCUT2D eigenvalue weighted by atomic mass is 9.53. The second-order valence-electron chi connectivity index (χ2n) is 9.94. The molecule has 31 heavy (non-hydrogen) atoms. The normalized spacial score (nSPS) is 29.1. The van der Waals surface area contributed by atoms with E-state index in [0.717, 1.165) is 48.1 Å². The first-order valence-electron chi connectivity index (χ1n) is 11.3. The number of amides is 1. The monoisotopic (exact) mass is 438 g/mol. The Balaban J connectivity index is 1.34. The molecule has 0 aliphatic heterocycles. The van der Waals surface area contributed by atoms with Crippen molar-refractivity contribution in [2.24, 2.45) is 17.8 Å². The van der Waals surface area contributed by atoms with Crippen LogP contribution in [-0.2, 0) is 16.6 Å². The molecule has 2 aromatic carbocycles. The van der Waals surface area contributed by atoms with E-state index in [9.17, 15) is 13.2 Å². The predicted octanol–water partition coefficient (Wildman–Crippen LogP) is 4.17. The molecule has 0 saturated heterocycles. The number of nitrogens with one attached hydrogen (secondary N) is 2. The summed E-state index contributed by atoms with van der Waals surface area (Å²) in [5.74, 6) is 2.07. The van der Waals surface area contributed by atoms with Crippen molar-refractivity contribution in [3.05, 3.63) is 65.2 Å². The van der Waals surface area contributed by atoms with Crippen molar-refractivity contribution < 1.29 is 13.2 Å². The van der Waals surface area contributed by atoms with Crippen LogP contribution in [0.1, 0.15) is 60.0 Å². The quantitative estimate of drug-likeness (QED) is 0.711. The van der Waals surface area contributed by atoms with Crippen molar-refractivity contribution in [1.29, 1.82) is 0 Å². The number of carbonyl (C=O) groups excluding carboxylic acids is 1. The van der Waals surface area contributed by atoms with Gasteiger partial charge in [-0.15, -0.1) is 0 Å². The summed E-state index contributed by atoms with van der Waals surface area (Å²) < 4.78 is 28.4. The molecule has 4 saturated carbocycles. The highest BCUT2D eigenvalue weighted by Gasteiger charge is 2.51. The van der Waals surface area contributed by atoms with E-state index in [0.29, 0.717) is 5.56 Å². The second kappa shape index (κ2) is 7.75. The molecular weight excluding hydrogens is 408 g/mol. The van der Waals surface area contributed by atoms with Crippen LogP contribution in [0.2, 0.25) is 0 Å². The van der Waals surface area contributed by atoms with Gasteiger partial charge in [-0.05, 0) is 86.5 Å². The van der Waals surface area contributed by atoms with Gasteiger partial charge in [-0.3, -0.25) is 4.79 Å². The zero-order valence-electron chi connectivity index (χ0n) is 17.9. The smallest absolute Gasteiger partial charge is 0.252 e. The highest BCUT2D eigenvalue weighted by molar-refractivity contribution is 7.89. The molecule has 6 heteroatoms. The van der Waals surface area contributed by atoms with E-state index in [-0.39, 0.29) is 22.9 Å². The minimum absolute atomic E-state index is 0.0985. The molecule has 6 rings (SSSR count). The summed E-state index contributed by atoms with van der Waals surface area (Å²) in [5.41, 5.74) is 2.04. The zero-order chi connectivity index (χ0) is 21.6. The molecule has 0 unspecified atom stereocenters. The fourth-order valence-corrected chi connectivity index (χ4v) is 7.49. The lowest BCUT2D eigenvalue weighted by Crippen LogP contribution is -2.59. The Morgan fingerprint density at radius 2 is 1.58 bits per heavy atom. The number of aryl methyl sites for hydroxylation is 1. The van der Waals surface area contributed by atoms with Gasteiger partial charge >= 0.3 is 0 Å². The van der Waals surface area contributed by atoms with Crippen LogP contribution in [-0.4, -0.2) is 19.9 Å². The molecule has 4 bridgehead atoms. The fraction of sp³-hybridized carbons (Fsp3) is 0.480. The molecule has 1 amide bonds. The molecule has 0 spiro atoms. The van der Waals surface area contributed by atoms with Gasteiger partial charge < -0.3 is 5.32 Å². The molecule has 5 nitrogen and oxygen atoms in total. The van der Waals surface area contributed by atoms with Gasteiger partial charge in [-0.2, -0.15) is 0 Å². The maximum Gasteiger partial charge on any atom is 0.252 e. The zero-order valence-corrected chi connectivity index (χ0v) is 18.8. The molecular formula is C25H30N2O3S. The van der Waals surface area contributed by atoms with Crippen molar-refractivity contribution in [1.82, 2.24) is 10.0 Å². The average Bonchev–Trinajstić information content (AvgIpc) is 2.72. The van der Waals surface area contributed by atoms with E-state index in [4.69, 9.17) is 0 Å². The third-order valence-corrected chi connectivity index (χ3v) is 8.89. The summed E-state index contributed by atoms with van der Waals surface area (Å²) in [6.07, 6.45) is 7.15. The van der Waals surface area contributed by atoms with E-state index in [1.54, 1.807) is 12.1 Å². The third-order valence-electron chi connectivity index (χ3n) is 7.49. The van der Waals surface area contributed by atoms with Crippen LogP contribution in [0.4, 0.5) is 0 Å². The van der Waals surface area contributed by atoms with Gasteiger partial charge in [0.25, 0.3) is 5.91 Å². The first kappa shape index (κ1) is 20.7. The average molecular weight is 439 g/mol. The minimum atomic E-state index is -3.71. The first-order valence-corrected chi connectivity index (χ1v) is 12.8. The van der Waals surface area contributed by atoms with Gasteiger partial charge in [0.1, 0.15) is 0 Å². The molecule has 0 aromatic heterocycles. The molecule has 2 N–H and O–H groups in total. The Labute approximate surface area is 184 Å². The number of rotatable bonds is 6. The van der Waals surface area contributed by atoms with Gasteiger partial charge in [-0.1, -0.05) is 36.4 Å². The number of sulfonamides is 1. The molecule has 0 heterocycles. The van der Waals surface area contributed by atoms with Crippen LogP contribution in [0.15, 0.2) is 53.4 Å². The van der Waals surface area contributed by atoms with Crippen LogP contribution in [0.5, 0.6) is 0 Å². The molecule has 0 radical (unpaired) electrons. The van der Waals surface area contributed by atoms with E-state index < -0.39 is 10.0 Å². The fourth-order valence-electron chi connectivity index (χ4n) is 6.44. The van der Waals surface area contributed by atoms with Crippen LogP contribution >= 0.6 is 0 Å². The largest absolute Gasteiger partial charge is 0.347 e.